The molecule has 4 aromatic rings. The van der Waals surface area contributed by atoms with Gasteiger partial charge >= 0.3 is 0 Å². The van der Waals surface area contributed by atoms with Crippen molar-refractivity contribution in [2.24, 2.45) is 0 Å². The van der Waals surface area contributed by atoms with Gasteiger partial charge in [-0.1, -0.05) is 24.3 Å². The van der Waals surface area contributed by atoms with Crippen LogP contribution in [0.15, 0.2) is 60.8 Å². The van der Waals surface area contributed by atoms with Crippen LogP contribution in [0.2, 0.25) is 0 Å². The first kappa shape index (κ1) is 20.2. The minimum Gasteiger partial charge on any atom is -0.366 e. The molecule has 32 heavy (non-hydrogen) atoms. The Morgan fingerprint density at radius 2 is 1.94 bits per heavy atom. The van der Waals surface area contributed by atoms with Crippen LogP contribution in [-0.4, -0.2) is 34.4 Å². The van der Waals surface area contributed by atoms with Crippen molar-refractivity contribution in [2.75, 3.05) is 5.32 Å². The second kappa shape index (κ2) is 8.46. The van der Waals surface area contributed by atoms with Gasteiger partial charge in [-0.2, -0.15) is 9.61 Å². The van der Waals surface area contributed by atoms with Crippen molar-refractivity contribution >= 4 is 30.7 Å². The first-order valence-electron chi connectivity index (χ1n) is 10.8. The van der Waals surface area contributed by atoms with Crippen LogP contribution < -0.4 is 16.1 Å². The van der Waals surface area contributed by atoms with Crippen LogP contribution in [0.25, 0.3) is 16.9 Å². The van der Waals surface area contributed by atoms with E-state index in [-0.39, 0.29) is 11.7 Å². The molecule has 160 valence electrons. The predicted molar refractivity (Wildman–Crippen MR) is 125 cm³/mol. The Morgan fingerprint density at radius 3 is 2.66 bits per heavy atom. The first-order chi connectivity index (χ1) is 15.6. The summed E-state index contributed by atoms with van der Waals surface area (Å²) in [5.41, 5.74) is 4.26. The van der Waals surface area contributed by atoms with Crippen molar-refractivity contribution in [2.45, 2.75) is 31.8 Å². The molecule has 1 amide bonds. The SMILES string of the molecule is Bc1cnn2c(NCc3ccc(C(=O)NC4CCC4)cc3)cc(-c3ccccc3F)nc12. The lowest BCUT2D eigenvalue weighted by Crippen LogP contribution is -2.39. The van der Waals surface area contributed by atoms with Crippen LogP contribution in [0.3, 0.4) is 0 Å². The van der Waals surface area contributed by atoms with Gasteiger partial charge in [0.1, 0.15) is 19.5 Å². The standard InChI is InChI=1S/C24H23BFN5O/c25-19-14-28-31-22(12-21(30-23(19)31)18-6-1-2-7-20(18)26)27-13-15-8-10-16(11-9-15)24(32)29-17-4-3-5-17/h1-2,6-12,14,17,27H,3-5,13,25H2,(H,29,32). The quantitative estimate of drug-likeness (QED) is 0.465. The molecule has 0 unspecified atom stereocenters. The zero-order valence-corrected chi connectivity index (χ0v) is 17.8. The predicted octanol–water partition coefficient (Wildman–Crippen LogP) is 2.69. The molecule has 0 atom stereocenters. The Hall–Kier alpha value is -3.68. The molecule has 2 aromatic carbocycles. The summed E-state index contributed by atoms with van der Waals surface area (Å²) in [4.78, 5) is 16.9. The molecule has 2 aromatic heterocycles. The second-order valence-electron chi connectivity index (χ2n) is 8.22. The summed E-state index contributed by atoms with van der Waals surface area (Å²) < 4.78 is 16.1. The van der Waals surface area contributed by atoms with Crippen LogP contribution in [0.5, 0.6) is 0 Å². The number of benzene rings is 2. The maximum absolute atomic E-state index is 14.4. The van der Waals surface area contributed by atoms with Gasteiger partial charge in [0, 0.05) is 36.0 Å². The number of halogens is 1. The van der Waals surface area contributed by atoms with Gasteiger partial charge in [-0.05, 0) is 54.6 Å². The number of nitrogens with zero attached hydrogens (tertiary/aromatic N) is 3. The molecule has 2 N–H and O–H groups in total. The molecular formula is C24H23BFN5O. The maximum atomic E-state index is 14.4. The Morgan fingerprint density at radius 1 is 1.16 bits per heavy atom. The molecule has 0 bridgehead atoms. The lowest BCUT2D eigenvalue weighted by molar-refractivity contribution is 0.0917. The second-order valence-corrected chi connectivity index (χ2v) is 8.22. The van der Waals surface area contributed by atoms with Gasteiger partial charge < -0.3 is 10.6 Å². The number of amides is 1. The zero-order valence-electron chi connectivity index (χ0n) is 17.8. The summed E-state index contributed by atoms with van der Waals surface area (Å²) in [7, 11) is 1.93. The van der Waals surface area contributed by atoms with E-state index in [0.29, 0.717) is 40.9 Å². The van der Waals surface area contributed by atoms with E-state index in [0.717, 1.165) is 23.9 Å². The van der Waals surface area contributed by atoms with E-state index >= 15 is 0 Å². The number of carbonyl (C=O) groups is 1. The Labute approximate surface area is 186 Å². The number of aromatic nitrogens is 3. The Bertz CT molecular complexity index is 1280. The number of nitrogens with one attached hydrogen (secondary N) is 2. The summed E-state index contributed by atoms with van der Waals surface area (Å²) in [5, 5.41) is 10.8. The van der Waals surface area contributed by atoms with E-state index in [9.17, 15) is 9.18 Å². The average Bonchev–Trinajstić information content (AvgIpc) is 3.16. The number of rotatable bonds is 6. The third kappa shape index (κ3) is 3.96. The van der Waals surface area contributed by atoms with Crippen molar-refractivity contribution in [1.29, 1.82) is 0 Å². The smallest absolute Gasteiger partial charge is 0.251 e. The fourth-order valence-corrected chi connectivity index (χ4v) is 3.79. The molecule has 1 aliphatic rings. The van der Waals surface area contributed by atoms with Gasteiger partial charge in [0.05, 0.1) is 5.69 Å². The number of fused-ring (bicyclic) bond motifs is 1. The number of hydrogen-bond acceptors (Lipinski definition) is 4. The van der Waals surface area contributed by atoms with E-state index < -0.39 is 0 Å². The topological polar surface area (TPSA) is 71.3 Å². The number of hydrogen-bond donors (Lipinski definition) is 2. The highest BCUT2D eigenvalue weighted by Gasteiger charge is 2.20. The molecule has 1 aliphatic carbocycles. The van der Waals surface area contributed by atoms with E-state index in [2.05, 4.69) is 20.7 Å². The van der Waals surface area contributed by atoms with Crippen LogP contribution in [0.1, 0.15) is 35.2 Å². The van der Waals surface area contributed by atoms with Gasteiger partial charge in [0.15, 0.2) is 5.65 Å². The summed E-state index contributed by atoms with van der Waals surface area (Å²) in [6.45, 7) is 0.527. The third-order valence-corrected chi connectivity index (χ3v) is 5.93. The first-order valence-corrected chi connectivity index (χ1v) is 10.8. The van der Waals surface area contributed by atoms with Crippen molar-refractivity contribution in [3.05, 3.63) is 77.7 Å². The van der Waals surface area contributed by atoms with Crippen LogP contribution in [-0.2, 0) is 6.54 Å². The lowest BCUT2D eigenvalue weighted by Gasteiger charge is -2.26. The molecule has 5 rings (SSSR count). The highest BCUT2D eigenvalue weighted by atomic mass is 19.1. The molecule has 0 radical (unpaired) electrons. The maximum Gasteiger partial charge on any atom is 0.251 e. The Balaban J connectivity index is 1.37. The molecule has 0 spiro atoms. The minimum atomic E-state index is -0.316. The fourth-order valence-electron chi connectivity index (χ4n) is 3.79. The molecule has 6 nitrogen and oxygen atoms in total. The lowest BCUT2D eigenvalue weighted by atomic mass is 9.93. The molecule has 0 aliphatic heterocycles. The van der Waals surface area contributed by atoms with Gasteiger partial charge in [0.25, 0.3) is 5.91 Å². The van der Waals surface area contributed by atoms with Gasteiger partial charge in [0.2, 0.25) is 0 Å². The number of carbonyl (C=O) groups excluding carboxylic acids is 1. The van der Waals surface area contributed by atoms with Gasteiger partial charge in [-0.3, -0.25) is 4.79 Å². The van der Waals surface area contributed by atoms with Crippen LogP contribution >= 0.6 is 0 Å². The molecule has 8 heteroatoms. The largest absolute Gasteiger partial charge is 0.366 e. The molecule has 1 fully saturated rings. The summed E-state index contributed by atoms with van der Waals surface area (Å²) >= 11 is 0. The zero-order chi connectivity index (χ0) is 22.1. The van der Waals surface area contributed by atoms with Crippen molar-refractivity contribution in [1.82, 2.24) is 19.9 Å². The third-order valence-electron chi connectivity index (χ3n) is 5.93. The minimum absolute atomic E-state index is 0.0217. The van der Waals surface area contributed by atoms with Crippen LogP contribution in [0, 0.1) is 5.82 Å². The highest BCUT2D eigenvalue weighted by molar-refractivity contribution is 6.36. The molecule has 0 saturated heterocycles. The van der Waals surface area contributed by atoms with Gasteiger partial charge in [-0.25, -0.2) is 9.37 Å². The molecule has 2 heterocycles. The molecular weight excluding hydrogens is 404 g/mol. The van der Waals surface area contributed by atoms with Crippen LogP contribution in [0.4, 0.5) is 10.2 Å². The van der Waals surface area contributed by atoms with Gasteiger partial charge in [-0.15, -0.1) is 0 Å². The van der Waals surface area contributed by atoms with Crippen molar-refractivity contribution in [3.8, 4) is 11.3 Å². The Kier molecular flexibility index (Phi) is 5.35. The molecule has 1 saturated carbocycles. The highest BCUT2D eigenvalue weighted by Crippen LogP contribution is 2.24. The van der Waals surface area contributed by atoms with E-state index in [1.54, 1.807) is 35.0 Å². The van der Waals surface area contributed by atoms with E-state index in [1.807, 2.05) is 32.1 Å². The number of anilines is 1. The summed E-state index contributed by atoms with van der Waals surface area (Å²) in [6, 6.07) is 16.3. The normalized spacial score (nSPS) is 13.7. The average molecular weight is 427 g/mol. The fraction of sp³-hybridized carbons (Fsp3) is 0.208. The monoisotopic (exact) mass is 427 g/mol. The van der Waals surface area contributed by atoms with Crippen molar-refractivity contribution in [3.63, 3.8) is 0 Å². The summed E-state index contributed by atoms with van der Waals surface area (Å²) in [5.74, 6) is 0.378. The van der Waals surface area contributed by atoms with Crippen molar-refractivity contribution < 1.29 is 9.18 Å². The van der Waals surface area contributed by atoms with E-state index in [4.69, 9.17) is 0 Å². The van der Waals surface area contributed by atoms with E-state index in [1.165, 1.54) is 12.5 Å². The summed E-state index contributed by atoms with van der Waals surface area (Å²) in [6.07, 6.45) is 5.06.